The van der Waals surface area contributed by atoms with Crippen LogP contribution in [0.5, 0.6) is 0 Å². The molecule has 0 unspecified atom stereocenters. The van der Waals surface area contributed by atoms with Gasteiger partial charge in [0.15, 0.2) is 12.4 Å². The zero-order valence-corrected chi connectivity index (χ0v) is 9.46. The Bertz CT molecular complexity index is 261. The SMILES string of the molecule is CC(=O)COC(=O)COC(=O)C(C)(C)C. The highest BCUT2D eigenvalue weighted by molar-refractivity contribution is 5.82. The minimum Gasteiger partial charge on any atom is -0.455 e. The predicted molar refractivity (Wildman–Crippen MR) is 52.1 cm³/mol. The molecule has 0 heterocycles. The van der Waals surface area contributed by atoms with E-state index in [1.54, 1.807) is 20.8 Å². The minimum atomic E-state index is -0.720. The molecule has 0 aromatic carbocycles. The molecule has 0 rings (SSSR count). The number of carbonyl (C=O) groups excluding carboxylic acids is 3. The number of hydrogen-bond acceptors (Lipinski definition) is 5. The number of ether oxygens (including phenoxy) is 2. The maximum absolute atomic E-state index is 11.2. The van der Waals surface area contributed by atoms with Gasteiger partial charge >= 0.3 is 11.9 Å². The lowest BCUT2D eigenvalue weighted by Gasteiger charge is -2.15. The van der Waals surface area contributed by atoms with E-state index in [1.807, 2.05) is 0 Å². The second kappa shape index (κ2) is 5.48. The first-order chi connectivity index (χ1) is 6.73. The smallest absolute Gasteiger partial charge is 0.344 e. The molecule has 0 aromatic rings. The van der Waals surface area contributed by atoms with Crippen molar-refractivity contribution in [2.24, 2.45) is 5.41 Å². The molecular formula is C10H16O5. The molecule has 5 nitrogen and oxygen atoms in total. The number of rotatable bonds is 4. The van der Waals surface area contributed by atoms with Crippen LogP contribution in [-0.2, 0) is 23.9 Å². The van der Waals surface area contributed by atoms with E-state index in [0.29, 0.717) is 0 Å². The molecule has 0 N–H and O–H groups in total. The van der Waals surface area contributed by atoms with Crippen LogP contribution in [0.25, 0.3) is 0 Å². The van der Waals surface area contributed by atoms with Gasteiger partial charge in [0, 0.05) is 0 Å². The molecule has 0 fully saturated rings. The average molecular weight is 216 g/mol. The molecule has 0 atom stereocenters. The Morgan fingerprint density at radius 1 is 1.00 bits per heavy atom. The van der Waals surface area contributed by atoms with Gasteiger partial charge in [-0.2, -0.15) is 0 Å². The molecule has 0 aliphatic heterocycles. The van der Waals surface area contributed by atoms with Crippen molar-refractivity contribution in [2.75, 3.05) is 13.2 Å². The maximum Gasteiger partial charge on any atom is 0.344 e. The highest BCUT2D eigenvalue weighted by Crippen LogP contribution is 2.14. The summed E-state index contributed by atoms with van der Waals surface area (Å²) in [5.41, 5.74) is -0.652. The third-order valence-corrected chi connectivity index (χ3v) is 1.37. The van der Waals surface area contributed by atoms with Gasteiger partial charge in [-0.3, -0.25) is 9.59 Å². The van der Waals surface area contributed by atoms with Crippen molar-refractivity contribution in [1.29, 1.82) is 0 Å². The van der Waals surface area contributed by atoms with Gasteiger partial charge in [-0.05, 0) is 27.7 Å². The molecule has 0 bridgehead atoms. The third kappa shape index (κ3) is 6.65. The summed E-state index contributed by atoms with van der Waals surface area (Å²) >= 11 is 0. The summed E-state index contributed by atoms with van der Waals surface area (Å²) in [6.45, 7) is 5.59. The summed E-state index contributed by atoms with van der Waals surface area (Å²) in [6, 6.07) is 0. The number of esters is 2. The van der Waals surface area contributed by atoms with Crippen LogP contribution in [0.15, 0.2) is 0 Å². The first-order valence-corrected chi connectivity index (χ1v) is 4.56. The highest BCUT2D eigenvalue weighted by Gasteiger charge is 2.24. The van der Waals surface area contributed by atoms with E-state index in [0.717, 1.165) is 0 Å². The van der Waals surface area contributed by atoms with Crippen molar-refractivity contribution in [3.8, 4) is 0 Å². The standard InChI is InChI=1S/C10H16O5/c1-7(11)5-14-8(12)6-15-9(13)10(2,3)4/h5-6H2,1-4H3. The van der Waals surface area contributed by atoms with E-state index in [4.69, 9.17) is 0 Å². The fourth-order valence-electron chi connectivity index (χ4n) is 0.565. The van der Waals surface area contributed by atoms with Gasteiger partial charge in [0.05, 0.1) is 5.41 Å². The van der Waals surface area contributed by atoms with E-state index in [2.05, 4.69) is 9.47 Å². The molecule has 0 aromatic heterocycles. The number of Topliss-reactive ketones (excluding diaryl/α,β-unsaturated/α-hetero) is 1. The van der Waals surface area contributed by atoms with Crippen LogP contribution < -0.4 is 0 Å². The second-order valence-electron chi connectivity index (χ2n) is 4.19. The fourth-order valence-corrected chi connectivity index (χ4v) is 0.565. The van der Waals surface area contributed by atoms with Crippen LogP contribution in [0, 0.1) is 5.41 Å². The summed E-state index contributed by atoms with van der Waals surface area (Å²) in [5.74, 6) is -1.46. The van der Waals surface area contributed by atoms with Crippen LogP contribution in [-0.4, -0.2) is 30.9 Å². The van der Waals surface area contributed by atoms with Crippen LogP contribution in [0.4, 0.5) is 0 Å². The van der Waals surface area contributed by atoms with Crippen LogP contribution in [0.3, 0.4) is 0 Å². The van der Waals surface area contributed by atoms with Crippen LogP contribution >= 0.6 is 0 Å². The summed E-state index contributed by atoms with van der Waals surface area (Å²) in [7, 11) is 0. The van der Waals surface area contributed by atoms with Gasteiger partial charge < -0.3 is 9.47 Å². The van der Waals surface area contributed by atoms with Crippen molar-refractivity contribution in [1.82, 2.24) is 0 Å². The molecule has 0 aliphatic carbocycles. The molecule has 0 saturated carbocycles. The van der Waals surface area contributed by atoms with Gasteiger partial charge in [0.25, 0.3) is 0 Å². The van der Waals surface area contributed by atoms with E-state index in [-0.39, 0.29) is 12.4 Å². The monoisotopic (exact) mass is 216 g/mol. The Hall–Kier alpha value is -1.39. The average Bonchev–Trinajstić information content (AvgIpc) is 2.09. The number of carbonyl (C=O) groups is 3. The summed E-state index contributed by atoms with van der Waals surface area (Å²) in [6.07, 6.45) is 0. The van der Waals surface area contributed by atoms with Gasteiger partial charge in [-0.1, -0.05) is 0 Å². The van der Waals surface area contributed by atoms with E-state index in [1.165, 1.54) is 6.92 Å². The highest BCUT2D eigenvalue weighted by atomic mass is 16.6. The Kier molecular flexibility index (Phi) is 4.97. The summed E-state index contributed by atoms with van der Waals surface area (Å²) < 4.78 is 9.18. The fraction of sp³-hybridized carbons (Fsp3) is 0.700. The maximum atomic E-state index is 11.2. The normalized spacial score (nSPS) is 10.7. The zero-order chi connectivity index (χ0) is 12.1. The van der Waals surface area contributed by atoms with E-state index >= 15 is 0 Å². The minimum absolute atomic E-state index is 0.259. The van der Waals surface area contributed by atoms with Crippen LogP contribution in [0.1, 0.15) is 27.7 Å². The molecule has 0 amide bonds. The lowest BCUT2D eigenvalue weighted by Crippen LogP contribution is -2.26. The lowest BCUT2D eigenvalue weighted by molar-refractivity contribution is -0.164. The van der Waals surface area contributed by atoms with Crippen molar-refractivity contribution in [3.63, 3.8) is 0 Å². The largest absolute Gasteiger partial charge is 0.455 e. The van der Waals surface area contributed by atoms with Gasteiger partial charge in [0.2, 0.25) is 0 Å². The number of ketones is 1. The molecule has 5 heteroatoms. The quantitative estimate of drug-likeness (QED) is 0.647. The van der Waals surface area contributed by atoms with Crippen molar-refractivity contribution in [3.05, 3.63) is 0 Å². The molecule has 0 saturated heterocycles. The van der Waals surface area contributed by atoms with Crippen LogP contribution in [0.2, 0.25) is 0 Å². The third-order valence-electron chi connectivity index (χ3n) is 1.37. The Morgan fingerprint density at radius 2 is 1.53 bits per heavy atom. The predicted octanol–water partition coefficient (Wildman–Crippen LogP) is 0.708. The topological polar surface area (TPSA) is 69.7 Å². The van der Waals surface area contributed by atoms with Crippen molar-refractivity contribution >= 4 is 17.7 Å². The molecular weight excluding hydrogens is 200 g/mol. The molecule has 15 heavy (non-hydrogen) atoms. The lowest BCUT2D eigenvalue weighted by atomic mass is 9.97. The van der Waals surface area contributed by atoms with Gasteiger partial charge in [0.1, 0.15) is 6.61 Å². The Morgan fingerprint density at radius 3 is 1.93 bits per heavy atom. The first kappa shape index (κ1) is 13.6. The Balaban J connectivity index is 3.82. The molecule has 86 valence electrons. The van der Waals surface area contributed by atoms with Gasteiger partial charge in [-0.25, -0.2) is 4.79 Å². The Labute approximate surface area is 88.7 Å². The van der Waals surface area contributed by atoms with Gasteiger partial charge in [-0.15, -0.1) is 0 Å². The zero-order valence-electron chi connectivity index (χ0n) is 9.46. The number of hydrogen-bond donors (Lipinski definition) is 0. The summed E-state index contributed by atoms with van der Waals surface area (Å²) in [5, 5.41) is 0. The second-order valence-corrected chi connectivity index (χ2v) is 4.19. The van der Waals surface area contributed by atoms with E-state index in [9.17, 15) is 14.4 Å². The van der Waals surface area contributed by atoms with Crippen molar-refractivity contribution < 1.29 is 23.9 Å². The molecule has 0 radical (unpaired) electrons. The molecule has 0 aliphatic rings. The molecule has 0 spiro atoms. The first-order valence-electron chi connectivity index (χ1n) is 4.56. The van der Waals surface area contributed by atoms with Crippen molar-refractivity contribution in [2.45, 2.75) is 27.7 Å². The van der Waals surface area contributed by atoms with E-state index < -0.39 is 24.0 Å². The summed E-state index contributed by atoms with van der Waals surface area (Å²) in [4.78, 5) is 32.6.